The van der Waals surface area contributed by atoms with E-state index in [1.165, 1.54) is 34.2 Å². The van der Waals surface area contributed by atoms with Gasteiger partial charge in [0.15, 0.2) is 5.82 Å². The van der Waals surface area contributed by atoms with Crippen molar-refractivity contribution in [3.8, 4) is 0 Å². The summed E-state index contributed by atoms with van der Waals surface area (Å²) >= 11 is 1.39. The molecule has 3 rings (SSSR count). The lowest BCUT2D eigenvalue weighted by atomic mass is 10.3. The third-order valence-electron chi connectivity index (χ3n) is 3.72. The molecule has 10 heteroatoms. The molecule has 0 spiro atoms. The number of fused-ring (bicyclic) bond motifs is 1. The molecule has 9 nitrogen and oxygen atoms in total. The molecule has 136 valence electrons. The lowest BCUT2D eigenvalue weighted by Crippen LogP contribution is -2.36. The first-order valence-corrected chi connectivity index (χ1v) is 8.72. The molecule has 0 fully saturated rings. The van der Waals surface area contributed by atoms with E-state index < -0.39 is 0 Å². The second kappa shape index (κ2) is 7.48. The van der Waals surface area contributed by atoms with Gasteiger partial charge in [-0.05, 0) is 18.4 Å². The maximum Gasteiger partial charge on any atom is 0.262 e. The first-order chi connectivity index (χ1) is 12.4. The summed E-state index contributed by atoms with van der Waals surface area (Å²) in [5, 5.41) is 8.55. The molecule has 0 bridgehead atoms. The fraction of sp³-hybridized carbons (Fsp3) is 0.312. The molecule has 0 atom stereocenters. The molecular weight excluding hydrogens is 358 g/mol. The second-order valence-corrected chi connectivity index (χ2v) is 6.65. The molecule has 0 radical (unpaired) electrons. The number of thiophene rings is 1. The van der Waals surface area contributed by atoms with Crippen LogP contribution in [-0.2, 0) is 16.1 Å². The minimum atomic E-state index is -0.382. The number of carbonyl (C=O) groups excluding carboxylic acids is 2. The number of hydrogen-bond acceptors (Lipinski definition) is 7. The first-order valence-electron chi connectivity index (χ1n) is 7.84. The maximum absolute atomic E-state index is 12.3. The molecule has 0 aliphatic rings. The van der Waals surface area contributed by atoms with Crippen LogP contribution in [0.4, 0.5) is 5.82 Å². The summed E-state index contributed by atoms with van der Waals surface area (Å²) in [5.41, 5.74) is -0.175. The predicted molar refractivity (Wildman–Crippen MR) is 96.0 cm³/mol. The van der Waals surface area contributed by atoms with Crippen LogP contribution in [-0.4, -0.2) is 45.0 Å². The average Bonchev–Trinajstić information content (AvgIpc) is 3.23. The van der Waals surface area contributed by atoms with Crippen LogP contribution in [0.25, 0.3) is 10.2 Å². The van der Waals surface area contributed by atoms with Gasteiger partial charge in [0, 0.05) is 26.1 Å². The molecule has 1 N–H and O–H groups in total. The van der Waals surface area contributed by atoms with Gasteiger partial charge in [-0.1, -0.05) is 5.16 Å². The average molecular weight is 375 g/mol. The van der Waals surface area contributed by atoms with Gasteiger partial charge in [0.05, 0.1) is 18.3 Å². The van der Waals surface area contributed by atoms with Crippen LogP contribution in [0, 0.1) is 6.92 Å². The number of nitrogens with zero attached hydrogens (tertiary/aromatic N) is 4. The van der Waals surface area contributed by atoms with Gasteiger partial charge in [-0.15, -0.1) is 11.3 Å². The molecule has 0 saturated carbocycles. The Bertz CT molecular complexity index is 1010. The summed E-state index contributed by atoms with van der Waals surface area (Å²) in [7, 11) is 1.53. The van der Waals surface area contributed by atoms with Gasteiger partial charge in [-0.25, -0.2) is 4.98 Å². The van der Waals surface area contributed by atoms with E-state index in [1.807, 2.05) is 0 Å². The Morgan fingerprint density at radius 1 is 1.42 bits per heavy atom. The number of anilines is 1. The zero-order valence-electron chi connectivity index (χ0n) is 14.3. The van der Waals surface area contributed by atoms with Gasteiger partial charge in [0.25, 0.3) is 5.56 Å². The lowest BCUT2D eigenvalue weighted by molar-refractivity contribution is -0.133. The largest absolute Gasteiger partial charge is 0.360 e. The SMILES string of the molecule is Cc1cc(NC(=O)CN(C)C(=O)CCn2cnc3sccc3c2=O)no1. The van der Waals surface area contributed by atoms with E-state index in [9.17, 15) is 14.4 Å². The number of hydrogen-bond donors (Lipinski definition) is 1. The molecule has 0 aliphatic heterocycles. The number of aromatic nitrogens is 3. The minimum absolute atomic E-state index is 0.0874. The fourth-order valence-corrected chi connectivity index (χ4v) is 3.09. The van der Waals surface area contributed by atoms with E-state index in [1.54, 1.807) is 24.4 Å². The maximum atomic E-state index is 12.3. The third-order valence-corrected chi connectivity index (χ3v) is 4.54. The van der Waals surface area contributed by atoms with Crippen molar-refractivity contribution < 1.29 is 14.1 Å². The highest BCUT2D eigenvalue weighted by molar-refractivity contribution is 7.16. The molecule has 3 heterocycles. The standard InChI is InChI=1S/C16H17N5O4S/c1-10-7-12(19-25-10)18-13(22)8-20(2)14(23)3-5-21-9-17-15-11(16(21)24)4-6-26-15/h4,6-7,9H,3,5,8H2,1-2H3,(H,18,19,22). The van der Waals surface area contributed by atoms with Crippen molar-refractivity contribution in [2.24, 2.45) is 0 Å². The Morgan fingerprint density at radius 3 is 2.96 bits per heavy atom. The summed E-state index contributed by atoms with van der Waals surface area (Å²) in [4.78, 5) is 42.6. The third kappa shape index (κ3) is 3.97. The summed E-state index contributed by atoms with van der Waals surface area (Å²) in [5.74, 6) is 0.239. The van der Waals surface area contributed by atoms with Crippen LogP contribution in [0.5, 0.6) is 0 Å². The van der Waals surface area contributed by atoms with Crippen molar-refractivity contribution >= 4 is 39.2 Å². The Morgan fingerprint density at radius 2 is 2.23 bits per heavy atom. The molecule has 26 heavy (non-hydrogen) atoms. The predicted octanol–water partition coefficient (Wildman–Crippen LogP) is 1.24. The summed E-state index contributed by atoms with van der Waals surface area (Å²) in [6, 6.07) is 3.30. The Kier molecular flexibility index (Phi) is 5.12. The number of amides is 2. The monoisotopic (exact) mass is 375 g/mol. The molecule has 0 aliphatic carbocycles. The van der Waals surface area contributed by atoms with Gasteiger partial charge in [0.2, 0.25) is 11.8 Å². The number of carbonyl (C=O) groups is 2. The van der Waals surface area contributed by atoms with Gasteiger partial charge in [-0.2, -0.15) is 0 Å². The number of rotatable bonds is 6. The van der Waals surface area contributed by atoms with Gasteiger partial charge < -0.3 is 14.7 Å². The summed E-state index contributed by atoms with van der Waals surface area (Å²) in [6.07, 6.45) is 1.53. The van der Waals surface area contributed by atoms with E-state index in [0.29, 0.717) is 21.8 Å². The summed E-state index contributed by atoms with van der Waals surface area (Å²) < 4.78 is 6.26. The van der Waals surface area contributed by atoms with E-state index in [0.717, 1.165) is 0 Å². The molecule has 3 aromatic heterocycles. The lowest BCUT2D eigenvalue weighted by Gasteiger charge is -2.16. The van der Waals surface area contributed by atoms with Crippen molar-refractivity contribution in [2.45, 2.75) is 19.9 Å². The van der Waals surface area contributed by atoms with Crippen molar-refractivity contribution in [3.63, 3.8) is 0 Å². The zero-order chi connectivity index (χ0) is 18.7. The van der Waals surface area contributed by atoms with E-state index in [2.05, 4.69) is 15.5 Å². The smallest absolute Gasteiger partial charge is 0.262 e. The van der Waals surface area contributed by atoms with Crippen LogP contribution < -0.4 is 10.9 Å². The topological polar surface area (TPSA) is 110 Å². The molecule has 0 aromatic carbocycles. The highest BCUT2D eigenvalue weighted by atomic mass is 32.1. The van der Waals surface area contributed by atoms with Crippen molar-refractivity contribution in [3.05, 3.63) is 40.0 Å². The van der Waals surface area contributed by atoms with Crippen molar-refractivity contribution in [1.82, 2.24) is 19.6 Å². The van der Waals surface area contributed by atoms with Crippen LogP contribution in [0.1, 0.15) is 12.2 Å². The fourth-order valence-electron chi connectivity index (χ4n) is 2.37. The van der Waals surface area contributed by atoms with Crippen LogP contribution in [0.2, 0.25) is 0 Å². The van der Waals surface area contributed by atoms with E-state index in [4.69, 9.17) is 4.52 Å². The highest BCUT2D eigenvalue weighted by Gasteiger charge is 2.15. The van der Waals surface area contributed by atoms with Crippen LogP contribution >= 0.6 is 11.3 Å². The molecule has 0 saturated heterocycles. The van der Waals surface area contributed by atoms with Crippen LogP contribution in [0.3, 0.4) is 0 Å². The van der Waals surface area contributed by atoms with Gasteiger partial charge in [-0.3, -0.25) is 19.0 Å². The molecule has 0 unspecified atom stereocenters. The van der Waals surface area contributed by atoms with E-state index in [-0.39, 0.29) is 36.9 Å². The van der Waals surface area contributed by atoms with Gasteiger partial charge in [0.1, 0.15) is 10.6 Å². The Hall–Kier alpha value is -3.01. The quantitative estimate of drug-likeness (QED) is 0.694. The van der Waals surface area contributed by atoms with Crippen molar-refractivity contribution in [2.75, 3.05) is 18.9 Å². The number of nitrogens with one attached hydrogen (secondary N) is 1. The normalized spacial score (nSPS) is 10.8. The number of aryl methyl sites for hydroxylation is 2. The number of likely N-dealkylation sites (N-methyl/N-ethyl adjacent to an activating group) is 1. The molecule has 3 aromatic rings. The Labute approximate surface area is 152 Å². The molecule has 2 amide bonds. The van der Waals surface area contributed by atoms with Crippen LogP contribution in [0.15, 0.2) is 33.2 Å². The summed E-state index contributed by atoms with van der Waals surface area (Å²) in [6.45, 7) is 1.79. The highest BCUT2D eigenvalue weighted by Crippen LogP contribution is 2.13. The molecular formula is C16H17N5O4S. The van der Waals surface area contributed by atoms with E-state index >= 15 is 0 Å². The minimum Gasteiger partial charge on any atom is -0.360 e. The zero-order valence-corrected chi connectivity index (χ0v) is 15.1. The van der Waals surface area contributed by atoms with Crippen molar-refractivity contribution in [1.29, 1.82) is 0 Å². The first kappa shape index (κ1) is 17.8. The van der Waals surface area contributed by atoms with Gasteiger partial charge >= 0.3 is 0 Å². The Balaban J connectivity index is 1.54. The second-order valence-electron chi connectivity index (χ2n) is 5.75.